The van der Waals surface area contributed by atoms with Gasteiger partial charge in [-0.2, -0.15) is 0 Å². The van der Waals surface area contributed by atoms with Crippen molar-refractivity contribution in [2.24, 2.45) is 0 Å². The van der Waals surface area contributed by atoms with E-state index < -0.39 is 11.7 Å². The second kappa shape index (κ2) is 8.05. The summed E-state index contributed by atoms with van der Waals surface area (Å²) in [5, 5.41) is 3.14. The zero-order chi connectivity index (χ0) is 19.6. The minimum absolute atomic E-state index is 0.185. The fraction of sp³-hybridized carbons (Fsp3) is 0.524. The first kappa shape index (κ1) is 19.9. The van der Waals surface area contributed by atoms with E-state index in [1.165, 1.54) is 0 Å². The predicted molar refractivity (Wildman–Crippen MR) is 107 cm³/mol. The van der Waals surface area contributed by atoms with Crippen LogP contribution in [0.5, 0.6) is 0 Å². The largest absolute Gasteiger partial charge is 0.513 e. The van der Waals surface area contributed by atoms with Crippen molar-refractivity contribution < 1.29 is 19.1 Å². The molecule has 0 unspecified atom stereocenters. The first-order chi connectivity index (χ1) is 12.9. The lowest BCUT2D eigenvalue weighted by Gasteiger charge is -2.34. The van der Waals surface area contributed by atoms with Crippen LogP contribution < -0.4 is 5.32 Å². The number of ether oxygens (including phenoxy) is 2. The summed E-state index contributed by atoms with van der Waals surface area (Å²) in [6.07, 6.45) is 4.63. The zero-order valence-corrected chi connectivity index (χ0v) is 17.7. The summed E-state index contributed by atoms with van der Waals surface area (Å²) in [5.41, 5.74) is 2.80. The molecule has 0 bridgehead atoms. The van der Waals surface area contributed by atoms with E-state index in [-0.39, 0.29) is 12.5 Å². The Balaban J connectivity index is 2.19. The molecule has 1 amide bonds. The number of amides is 1. The molecule has 2 aliphatic rings. The van der Waals surface area contributed by atoms with E-state index in [1.54, 1.807) is 6.92 Å². The van der Waals surface area contributed by atoms with Crippen molar-refractivity contribution in [1.82, 2.24) is 5.32 Å². The van der Waals surface area contributed by atoms with Crippen molar-refractivity contribution in [3.8, 4) is 0 Å². The van der Waals surface area contributed by atoms with Crippen molar-refractivity contribution >= 4 is 33.6 Å². The van der Waals surface area contributed by atoms with Gasteiger partial charge in [0.15, 0.2) is 0 Å². The second-order valence-corrected chi connectivity index (χ2v) is 8.07. The van der Waals surface area contributed by atoms with Crippen LogP contribution in [0.1, 0.15) is 62.6 Å². The third-order valence-corrected chi connectivity index (χ3v) is 5.97. The van der Waals surface area contributed by atoms with E-state index in [1.807, 2.05) is 13.0 Å². The third kappa shape index (κ3) is 3.77. The lowest BCUT2D eigenvalue weighted by atomic mass is 9.80. The van der Waals surface area contributed by atoms with Crippen LogP contribution in [0.4, 0.5) is 4.79 Å². The highest BCUT2D eigenvalue weighted by Gasteiger charge is 2.49. The summed E-state index contributed by atoms with van der Waals surface area (Å²) in [6, 6.07) is 4.07. The highest BCUT2D eigenvalue weighted by molar-refractivity contribution is 9.10. The van der Waals surface area contributed by atoms with Gasteiger partial charge in [-0.3, -0.25) is 4.79 Å². The molecule has 3 rings (SSSR count). The smallest absolute Gasteiger partial charge is 0.434 e. The van der Waals surface area contributed by atoms with Crippen LogP contribution in [-0.2, 0) is 20.7 Å². The fourth-order valence-corrected chi connectivity index (χ4v) is 4.98. The molecule has 146 valence electrons. The number of carbonyl (C=O) groups is 2. The number of hydrogen-bond donors (Lipinski definition) is 1. The van der Waals surface area contributed by atoms with Crippen LogP contribution in [0.2, 0.25) is 0 Å². The molecule has 1 N–H and O–H groups in total. The van der Waals surface area contributed by atoms with Crippen LogP contribution in [0.15, 0.2) is 22.4 Å². The molecule has 0 atom stereocenters. The van der Waals surface area contributed by atoms with Gasteiger partial charge < -0.3 is 14.8 Å². The maximum absolute atomic E-state index is 13.1. The first-order valence-electron chi connectivity index (χ1n) is 9.63. The normalized spacial score (nSPS) is 18.6. The van der Waals surface area contributed by atoms with E-state index in [2.05, 4.69) is 34.2 Å². The molecule has 1 saturated carbocycles. The molecule has 0 radical (unpaired) electrons. The van der Waals surface area contributed by atoms with Gasteiger partial charge >= 0.3 is 6.16 Å². The molecule has 0 aromatic heterocycles. The van der Waals surface area contributed by atoms with Crippen molar-refractivity contribution in [3.05, 3.63) is 39.1 Å². The molecule has 27 heavy (non-hydrogen) atoms. The number of hydrogen-bond acceptors (Lipinski definition) is 4. The Hall–Kier alpha value is -1.82. The van der Waals surface area contributed by atoms with Gasteiger partial charge in [0.2, 0.25) is 0 Å². The molecule has 1 fully saturated rings. The molecule has 0 saturated heterocycles. The van der Waals surface area contributed by atoms with Gasteiger partial charge in [0, 0.05) is 10.0 Å². The van der Waals surface area contributed by atoms with Gasteiger partial charge in [-0.1, -0.05) is 48.2 Å². The predicted octanol–water partition coefficient (Wildman–Crippen LogP) is 5.04. The Morgan fingerprint density at radius 3 is 2.56 bits per heavy atom. The quantitative estimate of drug-likeness (QED) is 0.672. The monoisotopic (exact) mass is 435 g/mol. The number of aryl methyl sites for hydroxylation is 2. The molecule has 1 aliphatic heterocycles. The molecule has 1 aromatic rings. The lowest BCUT2D eigenvalue weighted by Crippen LogP contribution is -2.46. The zero-order valence-electron chi connectivity index (χ0n) is 16.1. The minimum atomic E-state index is -0.757. The molecule has 1 heterocycles. The number of carbonyl (C=O) groups excluding carboxylic acids is 2. The van der Waals surface area contributed by atoms with Crippen LogP contribution >= 0.6 is 15.9 Å². The summed E-state index contributed by atoms with van der Waals surface area (Å²) >= 11 is 3.63. The Kier molecular flexibility index (Phi) is 5.94. The van der Waals surface area contributed by atoms with Crippen molar-refractivity contribution in [3.63, 3.8) is 0 Å². The Morgan fingerprint density at radius 1 is 1.22 bits per heavy atom. The highest BCUT2D eigenvalue weighted by Crippen LogP contribution is 2.45. The molecule has 1 aromatic carbocycles. The third-order valence-electron chi connectivity index (χ3n) is 5.34. The van der Waals surface area contributed by atoms with Gasteiger partial charge in [-0.15, -0.1) is 0 Å². The summed E-state index contributed by atoms with van der Waals surface area (Å²) in [4.78, 5) is 25.3. The van der Waals surface area contributed by atoms with E-state index in [0.717, 1.165) is 59.7 Å². The molecule has 5 nitrogen and oxygen atoms in total. The van der Waals surface area contributed by atoms with E-state index in [4.69, 9.17) is 9.47 Å². The maximum Gasteiger partial charge on any atom is 0.513 e. The summed E-state index contributed by atoms with van der Waals surface area (Å²) in [7, 11) is 0. The Bertz CT molecular complexity index is 794. The SMILES string of the molecule is CCOC(=O)OC1=C(c2c(Br)cc(C)cc2CC)C(=O)NC12CCCCC2. The topological polar surface area (TPSA) is 64.6 Å². The molecular formula is C21H26BrNO4. The lowest BCUT2D eigenvalue weighted by molar-refractivity contribution is -0.116. The van der Waals surface area contributed by atoms with Crippen molar-refractivity contribution in [1.29, 1.82) is 0 Å². The number of benzene rings is 1. The molecule has 1 aliphatic carbocycles. The van der Waals surface area contributed by atoms with Gasteiger partial charge in [0.25, 0.3) is 5.91 Å². The number of nitrogens with one attached hydrogen (secondary N) is 1. The molecule has 1 spiro atoms. The van der Waals surface area contributed by atoms with E-state index in [0.29, 0.717) is 11.3 Å². The van der Waals surface area contributed by atoms with Crippen molar-refractivity contribution in [2.75, 3.05) is 6.61 Å². The van der Waals surface area contributed by atoms with Crippen LogP contribution in [0, 0.1) is 6.92 Å². The highest BCUT2D eigenvalue weighted by atomic mass is 79.9. The van der Waals surface area contributed by atoms with Gasteiger partial charge in [-0.25, -0.2) is 4.79 Å². The summed E-state index contributed by atoms with van der Waals surface area (Å²) in [5.74, 6) is 0.236. The average molecular weight is 436 g/mol. The van der Waals surface area contributed by atoms with Crippen LogP contribution in [-0.4, -0.2) is 24.2 Å². The summed E-state index contributed by atoms with van der Waals surface area (Å²) in [6.45, 7) is 6.04. The standard InChI is InChI=1S/C21H26BrNO4/c1-4-14-11-13(3)12-15(22)16(14)17-18(27-20(25)26-5-2)21(23-19(17)24)9-7-6-8-10-21/h11-12H,4-10H2,1-3H3,(H,23,24). The number of rotatable bonds is 4. The van der Waals surface area contributed by atoms with E-state index >= 15 is 0 Å². The number of halogens is 1. The minimum Gasteiger partial charge on any atom is -0.434 e. The Morgan fingerprint density at radius 2 is 1.93 bits per heavy atom. The second-order valence-electron chi connectivity index (χ2n) is 7.22. The van der Waals surface area contributed by atoms with Gasteiger partial charge in [0.1, 0.15) is 5.76 Å². The fourth-order valence-electron chi connectivity index (χ4n) is 4.17. The molecular weight excluding hydrogens is 410 g/mol. The summed E-state index contributed by atoms with van der Waals surface area (Å²) < 4.78 is 11.5. The maximum atomic E-state index is 13.1. The average Bonchev–Trinajstić information content (AvgIpc) is 2.86. The van der Waals surface area contributed by atoms with Crippen molar-refractivity contribution in [2.45, 2.75) is 64.8 Å². The van der Waals surface area contributed by atoms with Gasteiger partial charge in [-0.05, 0) is 50.3 Å². The van der Waals surface area contributed by atoms with Gasteiger partial charge in [0.05, 0.1) is 17.7 Å². The molecule has 6 heteroatoms. The van der Waals surface area contributed by atoms with Crippen LogP contribution in [0.3, 0.4) is 0 Å². The van der Waals surface area contributed by atoms with E-state index in [9.17, 15) is 9.59 Å². The first-order valence-corrected chi connectivity index (χ1v) is 10.4. The van der Waals surface area contributed by atoms with Crippen LogP contribution in [0.25, 0.3) is 5.57 Å². The Labute approximate surface area is 168 Å².